The Balaban J connectivity index is 4.17. The normalized spacial score (nSPS) is 12.5. The van der Waals surface area contributed by atoms with Crippen LogP contribution in [0.5, 0.6) is 0 Å². The Bertz CT molecular complexity index is 949. The van der Waals surface area contributed by atoms with Gasteiger partial charge in [0.15, 0.2) is 6.10 Å². The molecule has 0 aromatic carbocycles. The number of hydrogen-bond donors (Lipinski definition) is 0. The first-order valence-corrected chi connectivity index (χ1v) is 27.8. The molecule has 0 aliphatic heterocycles. The third kappa shape index (κ3) is 47.9. The zero-order valence-electron chi connectivity index (χ0n) is 42.5. The van der Waals surface area contributed by atoms with Crippen LogP contribution in [-0.2, 0) is 28.6 Å². The molecule has 1 unspecified atom stereocenters. The van der Waals surface area contributed by atoms with Crippen LogP contribution in [-0.4, -0.2) is 37.2 Å². The minimum Gasteiger partial charge on any atom is -0.462 e. The lowest BCUT2D eigenvalue weighted by molar-refractivity contribution is -0.167. The second kappa shape index (κ2) is 48.9. The SMILES string of the molecule is CCCCCCCCCCCCCCC(=O)O[C@@H](COC(=O)CCCCCCCCCCCCCCCCCCCCC(C)CC)COC(=O)CCCCCCCCCC(C)C. The fourth-order valence-electron chi connectivity index (χ4n) is 8.49. The summed E-state index contributed by atoms with van der Waals surface area (Å²) in [6, 6.07) is 0. The maximum absolute atomic E-state index is 12.8. The van der Waals surface area contributed by atoms with Crippen molar-refractivity contribution in [3.63, 3.8) is 0 Å². The molecule has 0 aromatic heterocycles. The molecule has 0 N–H and O–H groups in total. The van der Waals surface area contributed by atoms with Crippen LogP contribution in [0.1, 0.15) is 311 Å². The lowest BCUT2D eigenvalue weighted by atomic mass is 9.99. The van der Waals surface area contributed by atoms with Gasteiger partial charge in [-0.05, 0) is 31.1 Å². The van der Waals surface area contributed by atoms with Crippen LogP contribution in [0.4, 0.5) is 0 Å². The highest BCUT2D eigenvalue weighted by atomic mass is 16.6. The molecule has 0 saturated heterocycles. The molecule has 6 heteroatoms. The molecule has 6 nitrogen and oxygen atoms in total. The van der Waals surface area contributed by atoms with Crippen molar-refractivity contribution < 1.29 is 28.6 Å². The van der Waals surface area contributed by atoms with Crippen LogP contribution in [0.3, 0.4) is 0 Å². The molecular formula is C56H108O6. The van der Waals surface area contributed by atoms with E-state index < -0.39 is 6.10 Å². The van der Waals surface area contributed by atoms with E-state index in [-0.39, 0.29) is 31.1 Å². The van der Waals surface area contributed by atoms with E-state index in [1.807, 2.05) is 0 Å². The van der Waals surface area contributed by atoms with Crippen LogP contribution in [0.15, 0.2) is 0 Å². The first-order valence-electron chi connectivity index (χ1n) is 27.8. The smallest absolute Gasteiger partial charge is 0.306 e. The number of esters is 3. The highest BCUT2D eigenvalue weighted by Crippen LogP contribution is 2.18. The van der Waals surface area contributed by atoms with Gasteiger partial charge in [0.05, 0.1) is 0 Å². The molecule has 0 aromatic rings. The highest BCUT2D eigenvalue weighted by molar-refractivity contribution is 5.71. The summed E-state index contributed by atoms with van der Waals surface area (Å²) < 4.78 is 16.8. The number of rotatable bonds is 50. The van der Waals surface area contributed by atoms with Gasteiger partial charge in [0.25, 0.3) is 0 Å². The number of carbonyl (C=O) groups is 3. The molecule has 0 fully saturated rings. The van der Waals surface area contributed by atoms with Gasteiger partial charge in [-0.15, -0.1) is 0 Å². The second-order valence-electron chi connectivity index (χ2n) is 19.9. The van der Waals surface area contributed by atoms with E-state index in [1.165, 1.54) is 199 Å². The van der Waals surface area contributed by atoms with Gasteiger partial charge >= 0.3 is 17.9 Å². The fourth-order valence-corrected chi connectivity index (χ4v) is 8.49. The summed E-state index contributed by atoms with van der Waals surface area (Å²) in [6.45, 7) is 11.4. The van der Waals surface area contributed by atoms with Crippen LogP contribution in [0, 0.1) is 11.8 Å². The van der Waals surface area contributed by atoms with Gasteiger partial charge in [0, 0.05) is 19.3 Å². The molecule has 0 heterocycles. The summed E-state index contributed by atoms with van der Waals surface area (Å²) in [4.78, 5) is 37.9. The molecule has 0 saturated carbocycles. The van der Waals surface area contributed by atoms with Crippen LogP contribution in [0.2, 0.25) is 0 Å². The predicted molar refractivity (Wildman–Crippen MR) is 266 cm³/mol. The summed E-state index contributed by atoms with van der Waals surface area (Å²) in [6.07, 6.45) is 51.0. The summed E-state index contributed by atoms with van der Waals surface area (Å²) in [5.74, 6) is 0.844. The Morgan fingerprint density at radius 2 is 0.613 bits per heavy atom. The molecule has 0 amide bonds. The number of carbonyl (C=O) groups excluding carboxylic acids is 3. The predicted octanol–water partition coefficient (Wildman–Crippen LogP) is 18.1. The maximum atomic E-state index is 12.8. The largest absolute Gasteiger partial charge is 0.462 e. The Morgan fingerprint density at radius 1 is 0.339 bits per heavy atom. The lowest BCUT2D eigenvalue weighted by Gasteiger charge is -2.18. The second-order valence-corrected chi connectivity index (χ2v) is 19.9. The van der Waals surface area contributed by atoms with Gasteiger partial charge < -0.3 is 14.2 Å². The van der Waals surface area contributed by atoms with Crippen molar-refractivity contribution in [3.05, 3.63) is 0 Å². The van der Waals surface area contributed by atoms with Crippen molar-refractivity contribution in [3.8, 4) is 0 Å². The third-order valence-electron chi connectivity index (χ3n) is 13.1. The van der Waals surface area contributed by atoms with E-state index >= 15 is 0 Å². The van der Waals surface area contributed by atoms with E-state index in [1.54, 1.807) is 0 Å². The molecule has 0 rings (SSSR count). The summed E-state index contributed by atoms with van der Waals surface area (Å²) >= 11 is 0. The molecule has 0 aliphatic carbocycles. The Labute approximate surface area is 387 Å². The van der Waals surface area contributed by atoms with E-state index in [4.69, 9.17) is 14.2 Å². The van der Waals surface area contributed by atoms with Crippen LogP contribution >= 0.6 is 0 Å². The summed E-state index contributed by atoms with van der Waals surface area (Å²) in [5.41, 5.74) is 0. The standard InChI is InChI=1S/C56H108O6/c1-6-8-9-10-11-12-13-23-27-32-38-43-48-56(59)62-53(50-61-55(58)47-42-37-33-28-29-34-39-44-51(3)4)49-60-54(57)46-41-36-31-26-24-21-19-17-15-14-16-18-20-22-25-30-35-40-45-52(5)7-2/h51-53H,6-50H2,1-5H3/t52?,53-/m0/s1. The Morgan fingerprint density at radius 3 is 0.919 bits per heavy atom. The third-order valence-corrected chi connectivity index (χ3v) is 13.1. The minimum atomic E-state index is -0.762. The molecule has 0 aliphatic rings. The van der Waals surface area contributed by atoms with Gasteiger partial charge in [-0.25, -0.2) is 0 Å². The molecule has 0 radical (unpaired) electrons. The molecular weight excluding hydrogens is 769 g/mol. The van der Waals surface area contributed by atoms with Crippen molar-refractivity contribution in [2.75, 3.05) is 13.2 Å². The van der Waals surface area contributed by atoms with Crippen LogP contribution in [0.25, 0.3) is 0 Å². The molecule has 2 atom stereocenters. The van der Waals surface area contributed by atoms with E-state index in [9.17, 15) is 14.4 Å². The van der Waals surface area contributed by atoms with Crippen molar-refractivity contribution in [1.82, 2.24) is 0 Å². The lowest BCUT2D eigenvalue weighted by Crippen LogP contribution is -2.30. The average Bonchev–Trinajstić information content (AvgIpc) is 3.26. The van der Waals surface area contributed by atoms with Crippen molar-refractivity contribution in [2.24, 2.45) is 11.8 Å². The van der Waals surface area contributed by atoms with Crippen molar-refractivity contribution in [2.45, 2.75) is 317 Å². The average molecular weight is 877 g/mol. The zero-order chi connectivity index (χ0) is 45.4. The molecule has 368 valence electrons. The Hall–Kier alpha value is -1.59. The number of hydrogen-bond acceptors (Lipinski definition) is 6. The minimum absolute atomic E-state index is 0.0636. The first kappa shape index (κ1) is 60.4. The van der Waals surface area contributed by atoms with E-state index in [0.717, 1.165) is 69.6 Å². The fraction of sp³-hybridized carbons (Fsp3) is 0.946. The Kier molecular flexibility index (Phi) is 47.6. The van der Waals surface area contributed by atoms with E-state index in [0.29, 0.717) is 19.3 Å². The zero-order valence-corrected chi connectivity index (χ0v) is 42.5. The van der Waals surface area contributed by atoms with Crippen molar-refractivity contribution >= 4 is 17.9 Å². The van der Waals surface area contributed by atoms with Gasteiger partial charge in [-0.3, -0.25) is 14.4 Å². The van der Waals surface area contributed by atoms with Crippen LogP contribution < -0.4 is 0 Å². The number of ether oxygens (including phenoxy) is 3. The van der Waals surface area contributed by atoms with Gasteiger partial charge in [-0.1, -0.05) is 272 Å². The van der Waals surface area contributed by atoms with Gasteiger partial charge in [-0.2, -0.15) is 0 Å². The quantitative estimate of drug-likeness (QED) is 0.0344. The topological polar surface area (TPSA) is 78.9 Å². The molecule has 0 spiro atoms. The van der Waals surface area contributed by atoms with E-state index in [2.05, 4.69) is 34.6 Å². The highest BCUT2D eigenvalue weighted by Gasteiger charge is 2.19. The monoisotopic (exact) mass is 877 g/mol. The van der Waals surface area contributed by atoms with Gasteiger partial charge in [0.1, 0.15) is 13.2 Å². The molecule has 62 heavy (non-hydrogen) atoms. The van der Waals surface area contributed by atoms with Gasteiger partial charge in [0.2, 0.25) is 0 Å². The summed E-state index contributed by atoms with van der Waals surface area (Å²) in [5, 5.41) is 0. The summed E-state index contributed by atoms with van der Waals surface area (Å²) in [7, 11) is 0. The maximum Gasteiger partial charge on any atom is 0.306 e. The molecule has 0 bridgehead atoms. The van der Waals surface area contributed by atoms with Crippen molar-refractivity contribution in [1.29, 1.82) is 0 Å². The first-order chi connectivity index (χ1) is 30.3. The number of unbranched alkanes of at least 4 members (excludes halogenated alkanes) is 34.